The third-order valence-corrected chi connectivity index (χ3v) is 7.66. The molecule has 0 spiro atoms. The van der Waals surface area contributed by atoms with Crippen LogP contribution in [0.4, 0.5) is 10.1 Å². The van der Waals surface area contributed by atoms with Crippen molar-refractivity contribution in [3.63, 3.8) is 0 Å². The van der Waals surface area contributed by atoms with E-state index >= 15 is 0 Å². The van der Waals surface area contributed by atoms with Gasteiger partial charge < -0.3 is 0 Å². The van der Waals surface area contributed by atoms with Crippen molar-refractivity contribution in [2.75, 3.05) is 0 Å². The Kier molecular flexibility index (Phi) is 8.53. The van der Waals surface area contributed by atoms with Gasteiger partial charge in [-0.3, -0.25) is 10.1 Å². The maximum absolute atomic E-state index is 14.9. The van der Waals surface area contributed by atoms with E-state index in [0.717, 1.165) is 51.9 Å². The monoisotopic (exact) mass is 569 g/mol. The highest BCUT2D eigenvalue weighted by molar-refractivity contribution is 7.98. The predicted molar refractivity (Wildman–Crippen MR) is 160 cm³/mol. The van der Waals surface area contributed by atoms with Gasteiger partial charge >= 0.3 is 0 Å². The normalized spacial score (nSPS) is 11.0. The van der Waals surface area contributed by atoms with Crippen molar-refractivity contribution in [1.29, 1.82) is 0 Å². The molecular weight excluding hydrogens is 545 g/mol. The molecule has 1 aromatic heterocycles. The van der Waals surface area contributed by atoms with E-state index in [1.54, 1.807) is 24.4 Å². The number of thioether (sulfide) groups is 1. The van der Waals surface area contributed by atoms with E-state index in [1.807, 2.05) is 60.7 Å². The van der Waals surface area contributed by atoms with Gasteiger partial charge in [0.2, 0.25) is 0 Å². The third kappa shape index (κ3) is 6.38. The summed E-state index contributed by atoms with van der Waals surface area (Å²) in [5.41, 5.74) is 6.72. The van der Waals surface area contributed by atoms with Crippen molar-refractivity contribution < 1.29 is 9.31 Å². The molecule has 4 aromatic carbocycles. The molecule has 0 atom stereocenters. The van der Waals surface area contributed by atoms with Gasteiger partial charge in [0.25, 0.3) is 5.69 Å². The van der Waals surface area contributed by atoms with E-state index in [0.29, 0.717) is 21.5 Å². The molecule has 5 nitrogen and oxygen atoms in total. The number of halogens is 2. The number of nitrogens with zero attached hydrogens (tertiary/aromatic N) is 3. The molecule has 0 aliphatic heterocycles. The van der Waals surface area contributed by atoms with Gasteiger partial charge in [-0.05, 0) is 46.9 Å². The lowest BCUT2D eigenvalue weighted by atomic mass is 9.97. The molecule has 5 rings (SSSR count). The largest absolute Gasteiger partial charge is 0.269 e. The van der Waals surface area contributed by atoms with E-state index in [2.05, 4.69) is 11.9 Å². The molecular formula is C32H25ClFN3O2S. The number of non-ortho nitro benzene ring substituents is 1. The minimum Gasteiger partial charge on any atom is -0.258 e. The molecule has 0 saturated carbocycles. The zero-order valence-corrected chi connectivity index (χ0v) is 23.3. The van der Waals surface area contributed by atoms with E-state index < -0.39 is 4.92 Å². The fourth-order valence-corrected chi connectivity index (χ4v) is 5.30. The lowest BCUT2D eigenvalue weighted by Gasteiger charge is -2.12. The summed E-state index contributed by atoms with van der Waals surface area (Å²) in [6, 6.07) is 27.1. The Morgan fingerprint density at radius 3 is 2.12 bits per heavy atom. The number of rotatable bonds is 9. The minimum absolute atomic E-state index is 0.0554. The first-order valence-corrected chi connectivity index (χ1v) is 14.2. The van der Waals surface area contributed by atoms with Crippen molar-refractivity contribution in [2.24, 2.45) is 0 Å². The van der Waals surface area contributed by atoms with E-state index in [4.69, 9.17) is 16.6 Å². The molecule has 0 amide bonds. The Bertz CT molecular complexity index is 1640. The van der Waals surface area contributed by atoms with Gasteiger partial charge in [0.1, 0.15) is 5.82 Å². The molecule has 200 valence electrons. The SMILES string of the molecule is CCCc1ccc(-c2ccc(-c3nc(SCc4ccc([N+](=O)[O-])cc4)ncc3-c3ccc(Cl)cc3)cc2)c(F)c1. The highest BCUT2D eigenvalue weighted by Crippen LogP contribution is 2.34. The van der Waals surface area contributed by atoms with Gasteiger partial charge in [-0.15, -0.1) is 0 Å². The number of hydrogen-bond donors (Lipinski definition) is 0. The van der Waals surface area contributed by atoms with Crippen LogP contribution in [0.3, 0.4) is 0 Å². The van der Waals surface area contributed by atoms with Gasteiger partial charge in [0.15, 0.2) is 5.16 Å². The number of nitro groups is 1. The van der Waals surface area contributed by atoms with Crippen LogP contribution in [0.5, 0.6) is 0 Å². The molecule has 1 heterocycles. The standard InChI is InChI=1S/C32H25ClFN3O2S/c1-2-3-21-6-17-28(30(34)18-21)23-7-9-25(10-8-23)31-29(24-11-13-26(33)14-12-24)19-35-32(36-31)40-20-22-4-15-27(16-5-22)37(38)39/h4-19H,2-3,20H2,1H3. The fraction of sp³-hybridized carbons (Fsp3) is 0.125. The summed E-state index contributed by atoms with van der Waals surface area (Å²) in [6.45, 7) is 2.08. The molecule has 0 fully saturated rings. The lowest BCUT2D eigenvalue weighted by Crippen LogP contribution is -1.96. The van der Waals surface area contributed by atoms with Crippen molar-refractivity contribution >= 4 is 29.1 Å². The quantitative estimate of drug-likeness (QED) is 0.0765. The van der Waals surface area contributed by atoms with Gasteiger partial charge in [0, 0.05) is 45.8 Å². The van der Waals surface area contributed by atoms with Crippen molar-refractivity contribution in [2.45, 2.75) is 30.7 Å². The second-order valence-electron chi connectivity index (χ2n) is 9.28. The van der Waals surface area contributed by atoms with Crippen LogP contribution in [0.25, 0.3) is 33.5 Å². The van der Waals surface area contributed by atoms with Crippen LogP contribution in [0.15, 0.2) is 102 Å². The van der Waals surface area contributed by atoms with E-state index in [9.17, 15) is 14.5 Å². The average molecular weight is 570 g/mol. The Morgan fingerprint density at radius 2 is 1.48 bits per heavy atom. The summed E-state index contributed by atoms with van der Waals surface area (Å²) in [6.07, 6.45) is 3.61. The Morgan fingerprint density at radius 1 is 0.850 bits per heavy atom. The average Bonchev–Trinajstić information content (AvgIpc) is 2.97. The fourth-order valence-electron chi connectivity index (χ4n) is 4.40. The van der Waals surface area contributed by atoms with Gasteiger partial charge in [-0.1, -0.05) is 97.4 Å². The molecule has 0 radical (unpaired) electrons. The molecule has 8 heteroatoms. The number of aromatic nitrogens is 2. The zero-order chi connectivity index (χ0) is 28.1. The number of hydrogen-bond acceptors (Lipinski definition) is 5. The van der Waals surface area contributed by atoms with Crippen LogP contribution in [-0.4, -0.2) is 14.9 Å². The summed E-state index contributed by atoms with van der Waals surface area (Å²) < 4.78 is 14.9. The molecule has 0 aliphatic rings. The van der Waals surface area contributed by atoms with Crippen LogP contribution in [0.2, 0.25) is 5.02 Å². The first kappa shape index (κ1) is 27.5. The zero-order valence-electron chi connectivity index (χ0n) is 21.7. The third-order valence-electron chi connectivity index (χ3n) is 6.48. The second kappa shape index (κ2) is 12.4. The van der Waals surface area contributed by atoms with Crippen LogP contribution in [0.1, 0.15) is 24.5 Å². The molecule has 40 heavy (non-hydrogen) atoms. The number of benzene rings is 4. The van der Waals surface area contributed by atoms with Crippen LogP contribution < -0.4 is 0 Å². The molecule has 0 unspecified atom stereocenters. The van der Waals surface area contributed by atoms with Crippen molar-refractivity contribution in [3.05, 3.63) is 129 Å². The molecule has 0 saturated heterocycles. The maximum atomic E-state index is 14.9. The Labute approximate surface area is 241 Å². The van der Waals surface area contributed by atoms with E-state index in [1.165, 1.54) is 23.9 Å². The lowest BCUT2D eigenvalue weighted by molar-refractivity contribution is -0.384. The van der Waals surface area contributed by atoms with Gasteiger partial charge in [-0.25, -0.2) is 14.4 Å². The molecule has 0 N–H and O–H groups in total. The highest BCUT2D eigenvalue weighted by Gasteiger charge is 2.14. The molecule has 0 bridgehead atoms. The molecule has 5 aromatic rings. The number of nitro benzene ring substituents is 1. The summed E-state index contributed by atoms with van der Waals surface area (Å²) in [7, 11) is 0. The predicted octanol–water partition coefficient (Wildman–Crippen LogP) is 9.42. The molecule has 0 aliphatic carbocycles. The minimum atomic E-state index is -0.414. The topological polar surface area (TPSA) is 68.9 Å². The van der Waals surface area contributed by atoms with Crippen LogP contribution >= 0.6 is 23.4 Å². The van der Waals surface area contributed by atoms with Gasteiger partial charge in [0.05, 0.1) is 10.6 Å². The number of aryl methyl sites for hydroxylation is 1. The van der Waals surface area contributed by atoms with Crippen LogP contribution in [0, 0.1) is 15.9 Å². The summed E-state index contributed by atoms with van der Waals surface area (Å²) in [5.74, 6) is 0.330. The first-order valence-electron chi connectivity index (χ1n) is 12.8. The summed E-state index contributed by atoms with van der Waals surface area (Å²) in [5, 5.41) is 12.2. The summed E-state index contributed by atoms with van der Waals surface area (Å²) in [4.78, 5) is 20.0. The Balaban J connectivity index is 1.46. The van der Waals surface area contributed by atoms with Gasteiger partial charge in [-0.2, -0.15) is 0 Å². The summed E-state index contributed by atoms with van der Waals surface area (Å²) >= 11 is 7.57. The second-order valence-corrected chi connectivity index (χ2v) is 10.7. The van der Waals surface area contributed by atoms with Crippen LogP contribution in [-0.2, 0) is 12.2 Å². The van der Waals surface area contributed by atoms with Crippen molar-refractivity contribution in [3.8, 4) is 33.5 Å². The van der Waals surface area contributed by atoms with Crippen molar-refractivity contribution in [1.82, 2.24) is 9.97 Å². The Hall–Kier alpha value is -4.07. The first-order chi connectivity index (χ1) is 19.4. The van der Waals surface area contributed by atoms with E-state index in [-0.39, 0.29) is 11.5 Å². The maximum Gasteiger partial charge on any atom is 0.269 e. The smallest absolute Gasteiger partial charge is 0.258 e. The highest BCUT2D eigenvalue weighted by atomic mass is 35.5.